The Hall–Kier alpha value is -3.14. The predicted molar refractivity (Wildman–Crippen MR) is 124 cm³/mol. The Bertz CT molecular complexity index is 1230. The van der Waals surface area contributed by atoms with Crippen LogP contribution in [0.4, 0.5) is 8.78 Å². The van der Waals surface area contributed by atoms with E-state index in [2.05, 4.69) is 5.32 Å². The zero-order chi connectivity index (χ0) is 25.7. The van der Waals surface area contributed by atoms with E-state index in [4.69, 9.17) is 35.3 Å². The molecule has 7 nitrogen and oxygen atoms in total. The summed E-state index contributed by atoms with van der Waals surface area (Å²) in [5, 5.41) is 2.31. The van der Waals surface area contributed by atoms with Crippen LogP contribution in [0.15, 0.2) is 42.5 Å². The van der Waals surface area contributed by atoms with E-state index in [0.717, 1.165) is 12.1 Å². The standard InChI is InChI=1S/C22H15B3ClF2N3O4/c23-15-8-16(32)31(25)20(34)17(15)30-9-11-7-10(1-6-14(11)19(30)33)18(24)29-21(35)22(27,28)12-2-4-13(26)5-3-12/h1-7,15,17-18H,8-9H2,(H,29,35). The Morgan fingerprint density at radius 2 is 1.80 bits per heavy atom. The van der Waals surface area contributed by atoms with Crippen LogP contribution in [0.3, 0.4) is 0 Å². The minimum absolute atomic E-state index is 0.0459. The summed E-state index contributed by atoms with van der Waals surface area (Å²) in [6.45, 7) is -0.0459. The van der Waals surface area contributed by atoms with Crippen LogP contribution in [0, 0.1) is 0 Å². The monoisotopic (exact) mass is 491 g/mol. The number of alkyl halides is 2. The van der Waals surface area contributed by atoms with Gasteiger partial charge in [-0.05, 0) is 35.1 Å². The van der Waals surface area contributed by atoms with Gasteiger partial charge in [-0.2, -0.15) is 8.78 Å². The number of halogens is 3. The number of imide groups is 1. The molecule has 0 spiro atoms. The van der Waals surface area contributed by atoms with Crippen molar-refractivity contribution in [1.82, 2.24) is 15.0 Å². The van der Waals surface area contributed by atoms with Crippen molar-refractivity contribution in [2.24, 2.45) is 0 Å². The third kappa shape index (κ3) is 4.47. The van der Waals surface area contributed by atoms with E-state index in [1.54, 1.807) is 0 Å². The highest BCUT2D eigenvalue weighted by molar-refractivity contribution is 6.31. The van der Waals surface area contributed by atoms with Gasteiger partial charge in [0.2, 0.25) is 19.8 Å². The van der Waals surface area contributed by atoms with Gasteiger partial charge >= 0.3 is 5.92 Å². The van der Waals surface area contributed by atoms with Crippen molar-refractivity contribution in [2.75, 3.05) is 0 Å². The molecule has 2 aromatic carbocycles. The van der Waals surface area contributed by atoms with Crippen molar-refractivity contribution in [2.45, 2.75) is 36.7 Å². The fourth-order valence-electron chi connectivity index (χ4n) is 4.11. The van der Waals surface area contributed by atoms with Crippen molar-refractivity contribution < 1.29 is 28.0 Å². The van der Waals surface area contributed by atoms with Crippen LogP contribution in [-0.4, -0.2) is 63.1 Å². The number of hydrogen-bond acceptors (Lipinski definition) is 4. The third-order valence-electron chi connectivity index (χ3n) is 6.01. The lowest BCUT2D eigenvalue weighted by molar-refractivity contribution is -0.147. The molecule has 0 bridgehead atoms. The van der Waals surface area contributed by atoms with Gasteiger partial charge in [0.15, 0.2) is 0 Å². The fraction of sp³-hybridized carbons (Fsp3) is 0.273. The molecule has 4 amide bonds. The second-order valence-electron chi connectivity index (χ2n) is 8.30. The van der Waals surface area contributed by atoms with Crippen molar-refractivity contribution in [3.63, 3.8) is 0 Å². The SMILES string of the molecule is [B]C(NC(=O)C(F)(F)c1ccc(Cl)cc1)c1ccc2c(c1)CN(C1C(=O)N([B])C(=O)CC1[B])C2=O. The number of piperidine rings is 1. The number of benzene rings is 2. The average molecular weight is 491 g/mol. The number of nitrogens with zero attached hydrogens (tertiary/aromatic N) is 2. The predicted octanol–water partition coefficient (Wildman–Crippen LogP) is 1.54. The summed E-state index contributed by atoms with van der Waals surface area (Å²) >= 11 is 5.71. The number of nitrogens with one attached hydrogen (secondary N) is 1. The Morgan fingerprint density at radius 3 is 2.46 bits per heavy atom. The van der Waals surface area contributed by atoms with Crippen molar-refractivity contribution in [3.8, 4) is 0 Å². The maximum absolute atomic E-state index is 14.6. The van der Waals surface area contributed by atoms with Gasteiger partial charge < -0.3 is 15.0 Å². The molecule has 1 fully saturated rings. The lowest BCUT2D eigenvalue weighted by Gasteiger charge is -2.38. The summed E-state index contributed by atoms with van der Waals surface area (Å²) in [5.41, 5.74) is 0.401. The Labute approximate surface area is 208 Å². The maximum atomic E-state index is 14.6. The van der Waals surface area contributed by atoms with Crippen LogP contribution >= 0.6 is 11.6 Å². The van der Waals surface area contributed by atoms with Crippen LogP contribution < -0.4 is 5.32 Å². The van der Waals surface area contributed by atoms with Crippen LogP contribution in [0.25, 0.3) is 0 Å². The van der Waals surface area contributed by atoms with E-state index in [1.807, 2.05) is 0 Å². The smallest absolute Gasteiger partial charge is 0.349 e. The molecular weight excluding hydrogens is 476 g/mol. The summed E-state index contributed by atoms with van der Waals surface area (Å²) in [7, 11) is 17.4. The molecule has 2 heterocycles. The first kappa shape index (κ1) is 25.0. The molecule has 13 heteroatoms. The Balaban J connectivity index is 1.51. The van der Waals surface area contributed by atoms with Gasteiger partial charge in [0.1, 0.15) is 13.9 Å². The Morgan fingerprint density at radius 1 is 1.14 bits per heavy atom. The number of amides is 4. The lowest BCUT2D eigenvalue weighted by Crippen LogP contribution is -2.56. The van der Waals surface area contributed by atoms with E-state index in [9.17, 15) is 28.0 Å². The molecule has 1 saturated heterocycles. The number of rotatable bonds is 5. The highest BCUT2D eigenvalue weighted by Crippen LogP contribution is 2.34. The van der Waals surface area contributed by atoms with Crippen LogP contribution in [0.2, 0.25) is 10.8 Å². The summed E-state index contributed by atoms with van der Waals surface area (Å²) < 4.78 is 29.1. The zero-order valence-corrected chi connectivity index (χ0v) is 18.8. The molecular formula is C22H15B3ClF2N3O4. The molecule has 35 heavy (non-hydrogen) atoms. The molecule has 0 aliphatic carbocycles. The topological polar surface area (TPSA) is 86.8 Å². The molecule has 3 atom stereocenters. The van der Waals surface area contributed by atoms with Gasteiger partial charge in [-0.25, -0.2) is 0 Å². The van der Waals surface area contributed by atoms with Gasteiger partial charge in [0.25, 0.3) is 11.8 Å². The number of hydrogen-bond donors (Lipinski definition) is 1. The molecule has 2 aromatic rings. The van der Waals surface area contributed by atoms with E-state index >= 15 is 0 Å². The molecule has 2 aliphatic rings. The first-order chi connectivity index (χ1) is 16.4. The molecule has 2 aliphatic heterocycles. The molecule has 0 aromatic heterocycles. The first-order valence-electron chi connectivity index (χ1n) is 10.4. The summed E-state index contributed by atoms with van der Waals surface area (Å²) in [6, 6.07) is 7.71. The van der Waals surface area contributed by atoms with Gasteiger partial charge in [0.05, 0.1) is 7.85 Å². The molecule has 6 radical (unpaired) electrons. The minimum atomic E-state index is -3.87. The molecule has 0 saturated carbocycles. The third-order valence-corrected chi connectivity index (χ3v) is 6.26. The van der Waals surface area contributed by atoms with Crippen molar-refractivity contribution in [3.05, 3.63) is 69.7 Å². The van der Waals surface area contributed by atoms with Crippen LogP contribution in [-0.2, 0) is 26.9 Å². The summed E-state index contributed by atoms with van der Waals surface area (Å²) in [5.74, 6) is -9.69. The highest BCUT2D eigenvalue weighted by atomic mass is 35.5. The highest BCUT2D eigenvalue weighted by Gasteiger charge is 2.45. The van der Waals surface area contributed by atoms with Gasteiger partial charge in [-0.3, -0.25) is 19.2 Å². The van der Waals surface area contributed by atoms with Gasteiger partial charge in [-0.1, -0.05) is 35.9 Å². The second kappa shape index (κ2) is 9.15. The first-order valence-corrected chi connectivity index (χ1v) is 10.8. The maximum Gasteiger partial charge on any atom is 0.349 e. The number of fused-ring (bicyclic) bond motifs is 1. The fourth-order valence-corrected chi connectivity index (χ4v) is 4.24. The molecule has 3 unspecified atom stereocenters. The number of carbonyl (C=O) groups is 4. The van der Waals surface area contributed by atoms with Crippen molar-refractivity contribution in [1.29, 1.82) is 0 Å². The summed E-state index contributed by atoms with van der Waals surface area (Å²) in [6.07, 6.45) is -0.211. The molecule has 4 rings (SSSR count). The van der Waals surface area contributed by atoms with Crippen molar-refractivity contribution >= 4 is 58.9 Å². The van der Waals surface area contributed by atoms with Gasteiger partial charge in [0, 0.05) is 35.1 Å². The normalized spacial score (nSPS) is 21.2. The van der Waals surface area contributed by atoms with E-state index in [1.165, 1.54) is 35.2 Å². The van der Waals surface area contributed by atoms with Gasteiger partial charge in [-0.15, -0.1) is 0 Å². The second-order valence-corrected chi connectivity index (χ2v) is 8.73. The summed E-state index contributed by atoms with van der Waals surface area (Å²) in [4.78, 5) is 51.1. The Kier molecular flexibility index (Phi) is 6.53. The molecule has 1 N–H and O–H groups in total. The largest absolute Gasteiger partial charge is 0.352 e. The van der Waals surface area contributed by atoms with E-state index in [-0.39, 0.29) is 29.1 Å². The zero-order valence-electron chi connectivity index (χ0n) is 18.1. The van der Waals surface area contributed by atoms with Crippen LogP contribution in [0.1, 0.15) is 39.4 Å². The lowest BCUT2D eigenvalue weighted by atomic mass is 9.73. The van der Waals surface area contributed by atoms with E-state index in [0.29, 0.717) is 10.4 Å². The quantitative estimate of drug-likeness (QED) is 0.508. The minimum Gasteiger partial charge on any atom is -0.352 e. The average Bonchev–Trinajstić information content (AvgIpc) is 3.13. The van der Waals surface area contributed by atoms with Crippen LogP contribution in [0.5, 0.6) is 0 Å². The van der Waals surface area contributed by atoms with E-state index < -0.39 is 52.9 Å². The molecule has 172 valence electrons. The number of carbonyl (C=O) groups excluding carboxylic acids is 4.